The van der Waals surface area contributed by atoms with Crippen molar-refractivity contribution in [1.29, 1.82) is 0 Å². The van der Waals surface area contributed by atoms with Crippen LogP contribution in [-0.2, 0) is 0 Å². The molecular weight excluding hydrogens is 384 g/mol. The number of halogens is 1. The minimum Gasteiger partial charge on any atom is -0.456 e. The van der Waals surface area contributed by atoms with E-state index in [-0.39, 0.29) is 0 Å². The highest BCUT2D eigenvalue weighted by Gasteiger charge is 2.08. The van der Waals surface area contributed by atoms with E-state index in [1.54, 1.807) is 0 Å². The van der Waals surface area contributed by atoms with E-state index >= 15 is 0 Å². The average molecular weight is 399 g/mol. The van der Waals surface area contributed by atoms with Gasteiger partial charge in [0.15, 0.2) is 0 Å². The van der Waals surface area contributed by atoms with Gasteiger partial charge in [0.05, 0.1) is 0 Å². The van der Waals surface area contributed by atoms with Gasteiger partial charge in [-0.25, -0.2) is 0 Å². The fourth-order valence-electron chi connectivity index (χ4n) is 3.45. The van der Waals surface area contributed by atoms with Crippen molar-refractivity contribution in [2.75, 3.05) is 0 Å². The summed E-state index contributed by atoms with van der Waals surface area (Å²) in [5.74, 6) is 0. The first-order valence-corrected chi connectivity index (χ1v) is 9.35. The molecule has 4 aromatic carbocycles. The minimum absolute atomic E-state index is 0.929. The fraction of sp³-hybridized carbons (Fsp3) is 0. The summed E-state index contributed by atoms with van der Waals surface area (Å²) in [7, 11) is 0. The standard InChI is InChI=1S/C24H15BrO/c25-20-8-4-7-18(14-20)16-5-3-6-17(13-16)19-11-12-24-22(15-19)21-9-1-2-10-23(21)26-24/h1-15H. The smallest absolute Gasteiger partial charge is 0.135 e. The van der Waals surface area contributed by atoms with E-state index in [4.69, 9.17) is 4.42 Å². The lowest BCUT2D eigenvalue weighted by atomic mass is 9.98. The summed E-state index contributed by atoms with van der Waals surface area (Å²) in [6.07, 6.45) is 0. The molecule has 0 fully saturated rings. The van der Waals surface area contributed by atoms with E-state index < -0.39 is 0 Å². The molecule has 0 N–H and O–H groups in total. The Kier molecular flexibility index (Phi) is 3.65. The third-order valence-electron chi connectivity index (χ3n) is 4.73. The molecule has 0 spiro atoms. The van der Waals surface area contributed by atoms with Crippen molar-refractivity contribution in [3.63, 3.8) is 0 Å². The van der Waals surface area contributed by atoms with Gasteiger partial charge >= 0.3 is 0 Å². The van der Waals surface area contributed by atoms with Crippen LogP contribution in [0.25, 0.3) is 44.2 Å². The zero-order valence-corrected chi connectivity index (χ0v) is 15.5. The highest BCUT2D eigenvalue weighted by molar-refractivity contribution is 9.10. The number of fused-ring (bicyclic) bond motifs is 3. The SMILES string of the molecule is Brc1cccc(-c2cccc(-c3ccc4oc5ccccc5c4c3)c2)c1. The normalized spacial score (nSPS) is 11.3. The molecule has 26 heavy (non-hydrogen) atoms. The lowest BCUT2D eigenvalue weighted by Crippen LogP contribution is -1.82. The quantitative estimate of drug-likeness (QED) is 0.297. The monoisotopic (exact) mass is 398 g/mol. The van der Waals surface area contributed by atoms with Crippen LogP contribution in [0.5, 0.6) is 0 Å². The zero-order valence-electron chi connectivity index (χ0n) is 13.9. The highest BCUT2D eigenvalue weighted by Crippen LogP contribution is 2.33. The van der Waals surface area contributed by atoms with Gasteiger partial charge in [-0.05, 0) is 58.7 Å². The molecule has 2 heteroatoms. The van der Waals surface area contributed by atoms with Crippen molar-refractivity contribution in [1.82, 2.24) is 0 Å². The Morgan fingerprint density at radius 1 is 0.500 bits per heavy atom. The largest absolute Gasteiger partial charge is 0.456 e. The van der Waals surface area contributed by atoms with Gasteiger partial charge in [-0.3, -0.25) is 0 Å². The van der Waals surface area contributed by atoms with Gasteiger partial charge in [0.2, 0.25) is 0 Å². The molecule has 5 aromatic rings. The Hall–Kier alpha value is -2.84. The number of hydrogen-bond donors (Lipinski definition) is 0. The molecule has 124 valence electrons. The van der Waals surface area contributed by atoms with E-state index in [0.717, 1.165) is 26.4 Å². The van der Waals surface area contributed by atoms with Crippen molar-refractivity contribution in [3.8, 4) is 22.3 Å². The Balaban J connectivity index is 1.65. The second-order valence-electron chi connectivity index (χ2n) is 6.40. The average Bonchev–Trinajstić information content (AvgIpc) is 3.06. The third kappa shape index (κ3) is 2.63. The van der Waals surface area contributed by atoms with Crippen LogP contribution in [0.15, 0.2) is 99.9 Å². The summed E-state index contributed by atoms with van der Waals surface area (Å²) in [6, 6.07) is 31.7. The van der Waals surface area contributed by atoms with Gasteiger partial charge in [-0.2, -0.15) is 0 Å². The third-order valence-corrected chi connectivity index (χ3v) is 5.22. The van der Waals surface area contributed by atoms with Crippen LogP contribution in [0, 0.1) is 0 Å². The minimum atomic E-state index is 0.929. The van der Waals surface area contributed by atoms with Crippen LogP contribution in [0.2, 0.25) is 0 Å². The maximum Gasteiger partial charge on any atom is 0.135 e. The number of benzene rings is 4. The Morgan fingerprint density at radius 2 is 1.15 bits per heavy atom. The molecule has 0 aliphatic heterocycles. The Bertz CT molecular complexity index is 1250. The predicted molar refractivity (Wildman–Crippen MR) is 112 cm³/mol. The first-order chi connectivity index (χ1) is 12.8. The molecule has 0 amide bonds. The summed E-state index contributed by atoms with van der Waals surface area (Å²) in [5.41, 5.74) is 6.67. The molecule has 0 saturated heterocycles. The van der Waals surface area contributed by atoms with Crippen molar-refractivity contribution in [2.45, 2.75) is 0 Å². The molecule has 1 nitrogen and oxygen atoms in total. The molecule has 0 aliphatic carbocycles. The molecule has 0 radical (unpaired) electrons. The van der Waals surface area contributed by atoms with Gasteiger partial charge in [-0.1, -0.05) is 70.5 Å². The first-order valence-electron chi connectivity index (χ1n) is 8.56. The van der Waals surface area contributed by atoms with Gasteiger partial charge in [0.25, 0.3) is 0 Å². The van der Waals surface area contributed by atoms with Gasteiger partial charge in [0, 0.05) is 15.2 Å². The van der Waals surface area contributed by atoms with Crippen molar-refractivity contribution >= 4 is 37.9 Å². The molecule has 5 rings (SSSR count). The molecular formula is C24H15BrO. The summed E-state index contributed by atoms with van der Waals surface area (Å²) in [4.78, 5) is 0. The molecule has 1 aromatic heterocycles. The van der Waals surface area contributed by atoms with Gasteiger partial charge in [-0.15, -0.1) is 0 Å². The zero-order chi connectivity index (χ0) is 17.5. The number of rotatable bonds is 2. The van der Waals surface area contributed by atoms with Gasteiger partial charge < -0.3 is 4.42 Å². The highest BCUT2D eigenvalue weighted by atomic mass is 79.9. The predicted octanol–water partition coefficient (Wildman–Crippen LogP) is 7.68. The number of hydrogen-bond acceptors (Lipinski definition) is 1. The molecule has 0 bridgehead atoms. The number of furan rings is 1. The van der Waals surface area contributed by atoms with E-state index in [9.17, 15) is 0 Å². The van der Waals surface area contributed by atoms with Crippen LogP contribution in [0.3, 0.4) is 0 Å². The maximum atomic E-state index is 5.94. The van der Waals surface area contributed by atoms with Crippen molar-refractivity contribution < 1.29 is 4.42 Å². The topological polar surface area (TPSA) is 13.1 Å². The first kappa shape index (κ1) is 15.4. The van der Waals surface area contributed by atoms with Crippen LogP contribution in [-0.4, -0.2) is 0 Å². The Labute approximate surface area is 160 Å². The van der Waals surface area contributed by atoms with Crippen LogP contribution < -0.4 is 0 Å². The second-order valence-corrected chi connectivity index (χ2v) is 7.32. The van der Waals surface area contributed by atoms with E-state index in [0.29, 0.717) is 0 Å². The summed E-state index contributed by atoms with van der Waals surface area (Å²) < 4.78 is 7.03. The van der Waals surface area contributed by atoms with E-state index in [1.165, 1.54) is 22.3 Å². The van der Waals surface area contributed by atoms with Crippen molar-refractivity contribution in [2.24, 2.45) is 0 Å². The molecule has 0 atom stereocenters. The maximum absolute atomic E-state index is 5.94. The number of para-hydroxylation sites is 1. The molecule has 1 heterocycles. The summed E-state index contributed by atoms with van der Waals surface area (Å²) in [5, 5.41) is 2.32. The van der Waals surface area contributed by atoms with Crippen molar-refractivity contribution in [3.05, 3.63) is 95.5 Å². The second kappa shape index (κ2) is 6.15. The van der Waals surface area contributed by atoms with E-state index in [2.05, 4.69) is 88.7 Å². The van der Waals surface area contributed by atoms with Crippen LogP contribution >= 0.6 is 15.9 Å². The lowest BCUT2D eigenvalue weighted by molar-refractivity contribution is 0.669. The molecule has 0 unspecified atom stereocenters. The molecule has 0 saturated carbocycles. The summed E-state index contributed by atoms with van der Waals surface area (Å²) in [6.45, 7) is 0. The Morgan fingerprint density at radius 3 is 1.96 bits per heavy atom. The van der Waals surface area contributed by atoms with E-state index in [1.807, 2.05) is 18.2 Å². The summed E-state index contributed by atoms with van der Waals surface area (Å²) >= 11 is 3.56. The van der Waals surface area contributed by atoms with Gasteiger partial charge in [0.1, 0.15) is 11.2 Å². The fourth-order valence-corrected chi connectivity index (χ4v) is 3.85. The lowest BCUT2D eigenvalue weighted by Gasteiger charge is -2.07. The molecule has 0 aliphatic rings. The van der Waals surface area contributed by atoms with Crippen LogP contribution in [0.1, 0.15) is 0 Å². The van der Waals surface area contributed by atoms with Crippen LogP contribution in [0.4, 0.5) is 0 Å².